The van der Waals surface area contributed by atoms with E-state index in [1.54, 1.807) is 30.4 Å². The molecular weight excluding hydrogens is 262 g/mol. The highest BCUT2D eigenvalue weighted by Gasteiger charge is 2.06. The van der Waals surface area contributed by atoms with Crippen LogP contribution in [-0.2, 0) is 4.74 Å². The van der Waals surface area contributed by atoms with E-state index in [0.717, 1.165) is 0 Å². The Morgan fingerprint density at radius 3 is 2.75 bits per heavy atom. The van der Waals surface area contributed by atoms with Gasteiger partial charge in [0.05, 0.1) is 17.7 Å². The van der Waals surface area contributed by atoms with Crippen LogP contribution in [0.4, 0.5) is 5.69 Å². The number of hydrogen-bond donors (Lipinski definition) is 1. The number of ether oxygens (including phenoxy) is 1. The Kier molecular flexibility index (Phi) is 3.90. The average Bonchev–Trinajstić information content (AvgIpc) is 2.93. The van der Waals surface area contributed by atoms with Crippen molar-refractivity contribution in [2.45, 2.75) is 0 Å². The molecule has 0 aliphatic carbocycles. The Morgan fingerprint density at radius 1 is 1.35 bits per heavy atom. The fourth-order valence-corrected chi connectivity index (χ4v) is 1.52. The molecule has 2 rings (SSSR count). The maximum Gasteiger partial charge on any atom is 0.354 e. The third kappa shape index (κ3) is 3.08. The fraction of sp³-hybridized carbons (Fsp3) is 0.0769. The van der Waals surface area contributed by atoms with E-state index in [4.69, 9.17) is 0 Å². The van der Waals surface area contributed by atoms with E-state index in [1.807, 2.05) is 0 Å². The molecule has 20 heavy (non-hydrogen) atoms. The van der Waals surface area contributed by atoms with Crippen LogP contribution in [0.1, 0.15) is 21.9 Å². The Morgan fingerprint density at radius 2 is 2.15 bits per heavy atom. The Bertz CT molecular complexity index is 659. The molecule has 0 aliphatic rings. The monoisotopic (exact) mass is 273 g/mol. The number of nitrogens with one attached hydrogen (secondary N) is 1. The van der Waals surface area contributed by atoms with Gasteiger partial charge in [-0.15, -0.1) is 0 Å². The Balaban J connectivity index is 2.11. The topological polar surface area (TPSA) is 98.1 Å². The molecule has 0 radical (unpaired) electrons. The Hall–Kier alpha value is -2.96. The second-order valence-corrected chi connectivity index (χ2v) is 3.85. The zero-order valence-electron chi connectivity index (χ0n) is 10.6. The molecule has 0 amide bonds. The molecule has 0 fully saturated rings. The SMILES string of the molecule is COC(=O)c1ccc(C=Cc2ccc([N+](=O)[O-])cn2)[nH]1. The quantitative estimate of drug-likeness (QED) is 0.523. The van der Waals surface area contributed by atoms with Gasteiger partial charge in [0.2, 0.25) is 0 Å². The van der Waals surface area contributed by atoms with Crippen molar-refractivity contribution in [3.8, 4) is 0 Å². The first kappa shape index (κ1) is 13.5. The first-order valence-electron chi connectivity index (χ1n) is 5.66. The van der Waals surface area contributed by atoms with Crippen LogP contribution in [0.25, 0.3) is 12.2 Å². The lowest BCUT2D eigenvalue weighted by Crippen LogP contribution is -2.00. The van der Waals surface area contributed by atoms with Gasteiger partial charge in [-0.2, -0.15) is 0 Å². The summed E-state index contributed by atoms with van der Waals surface area (Å²) in [5, 5.41) is 10.5. The number of nitrogens with zero attached hydrogens (tertiary/aromatic N) is 2. The number of pyridine rings is 1. The van der Waals surface area contributed by atoms with Crippen molar-refractivity contribution in [3.05, 3.63) is 57.7 Å². The summed E-state index contributed by atoms with van der Waals surface area (Å²) in [7, 11) is 1.31. The van der Waals surface area contributed by atoms with Gasteiger partial charge in [0, 0.05) is 11.8 Å². The zero-order chi connectivity index (χ0) is 14.5. The van der Waals surface area contributed by atoms with Crippen LogP contribution in [0.5, 0.6) is 0 Å². The fourth-order valence-electron chi connectivity index (χ4n) is 1.52. The van der Waals surface area contributed by atoms with Crippen LogP contribution in [-0.4, -0.2) is 28.0 Å². The van der Waals surface area contributed by atoms with Gasteiger partial charge in [0.25, 0.3) is 5.69 Å². The molecule has 102 valence electrons. The highest BCUT2D eigenvalue weighted by molar-refractivity contribution is 5.88. The number of H-pyrrole nitrogens is 1. The maximum atomic E-state index is 11.2. The van der Waals surface area contributed by atoms with Crippen LogP contribution in [0.15, 0.2) is 30.5 Å². The molecule has 0 aromatic carbocycles. The standard InChI is InChI=1S/C13H11N3O4/c1-20-13(17)12-7-5-10(15-12)3-2-9-4-6-11(8-14-9)16(18)19/h2-8,15H,1H3. The zero-order valence-corrected chi connectivity index (χ0v) is 10.6. The molecule has 2 aromatic heterocycles. The summed E-state index contributed by atoms with van der Waals surface area (Å²) in [5.74, 6) is -0.446. The van der Waals surface area contributed by atoms with Gasteiger partial charge in [0.15, 0.2) is 0 Å². The second kappa shape index (κ2) is 5.79. The molecule has 0 saturated carbocycles. The van der Waals surface area contributed by atoms with Crippen LogP contribution in [0, 0.1) is 10.1 Å². The molecule has 1 N–H and O–H groups in total. The average molecular weight is 273 g/mol. The minimum Gasteiger partial charge on any atom is -0.464 e. The van der Waals surface area contributed by atoms with Gasteiger partial charge in [-0.1, -0.05) is 0 Å². The second-order valence-electron chi connectivity index (χ2n) is 3.85. The van der Waals surface area contributed by atoms with Gasteiger partial charge in [-0.3, -0.25) is 10.1 Å². The number of esters is 1. The number of nitro groups is 1. The highest BCUT2D eigenvalue weighted by Crippen LogP contribution is 2.11. The van der Waals surface area contributed by atoms with Gasteiger partial charge in [-0.05, 0) is 30.4 Å². The van der Waals surface area contributed by atoms with Crippen molar-refractivity contribution >= 4 is 23.8 Å². The smallest absolute Gasteiger partial charge is 0.354 e. The van der Waals surface area contributed by atoms with Crippen molar-refractivity contribution in [3.63, 3.8) is 0 Å². The number of methoxy groups -OCH3 is 1. The van der Waals surface area contributed by atoms with E-state index >= 15 is 0 Å². The number of aromatic nitrogens is 2. The summed E-state index contributed by atoms with van der Waals surface area (Å²) in [6, 6.07) is 6.24. The number of aromatic amines is 1. The van der Waals surface area contributed by atoms with E-state index in [0.29, 0.717) is 17.1 Å². The molecule has 0 aliphatic heterocycles. The van der Waals surface area contributed by atoms with Gasteiger partial charge in [0.1, 0.15) is 11.9 Å². The summed E-state index contributed by atoms with van der Waals surface area (Å²) >= 11 is 0. The normalized spacial score (nSPS) is 10.7. The van der Waals surface area contributed by atoms with E-state index in [9.17, 15) is 14.9 Å². The minimum absolute atomic E-state index is 0.0602. The highest BCUT2D eigenvalue weighted by atomic mass is 16.6. The molecule has 2 heterocycles. The van der Waals surface area contributed by atoms with Gasteiger partial charge < -0.3 is 9.72 Å². The number of carbonyl (C=O) groups excluding carboxylic acids is 1. The van der Waals surface area contributed by atoms with Gasteiger partial charge >= 0.3 is 5.97 Å². The third-order valence-corrected chi connectivity index (χ3v) is 2.53. The van der Waals surface area contributed by atoms with E-state index in [2.05, 4.69) is 14.7 Å². The van der Waals surface area contributed by atoms with E-state index < -0.39 is 10.9 Å². The summed E-state index contributed by atoms with van der Waals surface area (Å²) in [4.78, 5) is 28.0. The van der Waals surface area contributed by atoms with Gasteiger partial charge in [-0.25, -0.2) is 9.78 Å². The third-order valence-electron chi connectivity index (χ3n) is 2.53. The lowest BCUT2D eigenvalue weighted by Gasteiger charge is -1.94. The summed E-state index contributed by atoms with van der Waals surface area (Å²) in [5.41, 5.74) is 1.56. The lowest BCUT2D eigenvalue weighted by atomic mass is 10.3. The van der Waals surface area contributed by atoms with Crippen molar-refractivity contribution < 1.29 is 14.5 Å². The Labute approximate surface area is 114 Å². The van der Waals surface area contributed by atoms with Crippen LogP contribution in [0.2, 0.25) is 0 Å². The van der Waals surface area contributed by atoms with Crippen molar-refractivity contribution in [2.75, 3.05) is 7.11 Å². The lowest BCUT2D eigenvalue weighted by molar-refractivity contribution is -0.385. The maximum absolute atomic E-state index is 11.2. The van der Waals surface area contributed by atoms with Crippen molar-refractivity contribution in [1.29, 1.82) is 0 Å². The molecule has 0 atom stereocenters. The molecule has 7 nitrogen and oxygen atoms in total. The number of rotatable bonds is 4. The first-order valence-corrected chi connectivity index (χ1v) is 5.66. The molecule has 0 bridgehead atoms. The van der Waals surface area contributed by atoms with Crippen molar-refractivity contribution in [1.82, 2.24) is 9.97 Å². The van der Waals surface area contributed by atoms with Crippen LogP contribution >= 0.6 is 0 Å². The predicted octanol–water partition coefficient (Wildman–Crippen LogP) is 2.27. The largest absolute Gasteiger partial charge is 0.464 e. The van der Waals surface area contributed by atoms with E-state index in [-0.39, 0.29) is 5.69 Å². The first-order chi connectivity index (χ1) is 9.60. The van der Waals surface area contributed by atoms with Crippen molar-refractivity contribution in [2.24, 2.45) is 0 Å². The number of carbonyl (C=O) groups is 1. The molecule has 2 aromatic rings. The van der Waals surface area contributed by atoms with Crippen LogP contribution < -0.4 is 0 Å². The molecule has 0 saturated heterocycles. The molecule has 7 heteroatoms. The number of hydrogen-bond acceptors (Lipinski definition) is 5. The minimum atomic E-state index is -0.506. The summed E-state index contributed by atoms with van der Waals surface area (Å²) < 4.78 is 4.58. The molecule has 0 spiro atoms. The molecule has 0 unspecified atom stereocenters. The van der Waals surface area contributed by atoms with E-state index in [1.165, 1.54) is 19.4 Å². The summed E-state index contributed by atoms with van der Waals surface area (Å²) in [6.45, 7) is 0. The predicted molar refractivity (Wildman–Crippen MR) is 72.0 cm³/mol. The molecular formula is C13H11N3O4. The summed E-state index contributed by atoms with van der Waals surface area (Å²) in [6.07, 6.45) is 4.57. The van der Waals surface area contributed by atoms with Crippen LogP contribution in [0.3, 0.4) is 0 Å².